The third-order valence-corrected chi connectivity index (χ3v) is 5.70. The van der Waals surface area contributed by atoms with Crippen molar-refractivity contribution in [3.05, 3.63) is 29.3 Å². The van der Waals surface area contributed by atoms with Crippen molar-refractivity contribution in [1.29, 1.82) is 0 Å². The molecule has 10 heteroatoms. The zero-order valence-electron chi connectivity index (χ0n) is 17.3. The van der Waals surface area contributed by atoms with E-state index in [1.807, 2.05) is 6.92 Å². The smallest absolute Gasteiger partial charge is 0.240 e. The molecule has 1 atom stereocenters. The Morgan fingerprint density at radius 3 is 2.55 bits per heavy atom. The molecule has 0 radical (unpaired) electrons. The van der Waals surface area contributed by atoms with E-state index in [0.717, 1.165) is 12.8 Å². The molecule has 0 amide bonds. The van der Waals surface area contributed by atoms with E-state index in [9.17, 15) is 13.5 Å². The highest BCUT2D eigenvalue weighted by Gasteiger charge is 2.14. The molecular weight excluding hydrogens is 527 g/mol. The van der Waals surface area contributed by atoms with Gasteiger partial charge in [-0.05, 0) is 49.8 Å². The molecule has 7 nitrogen and oxygen atoms in total. The molecule has 0 fully saturated rings. The van der Waals surface area contributed by atoms with Gasteiger partial charge in [0.25, 0.3) is 0 Å². The van der Waals surface area contributed by atoms with Gasteiger partial charge in [0.1, 0.15) is 0 Å². The maximum Gasteiger partial charge on any atom is 0.240 e. The van der Waals surface area contributed by atoms with Gasteiger partial charge in [-0.3, -0.25) is 4.99 Å². The molecular formula is C19H34ClIN4O3S. The second kappa shape index (κ2) is 15.2. The minimum Gasteiger partial charge on any atom is -0.396 e. The van der Waals surface area contributed by atoms with Crippen LogP contribution in [0.2, 0.25) is 5.02 Å². The summed E-state index contributed by atoms with van der Waals surface area (Å²) in [4.78, 5) is 4.72. The van der Waals surface area contributed by atoms with Crippen molar-refractivity contribution in [3.63, 3.8) is 0 Å². The van der Waals surface area contributed by atoms with Gasteiger partial charge in [0.15, 0.2) is 5.96 Å². The van der Waals surface area contributed by atoms with Crippen LogP contribution in [0.5, 0.6) is 0 Å². The van der Waals surface area contributed by atoms with Gasteiger partial charge in [0.05, 0.1) is 4.90 Å². The van der Waals surface area contributed by atoms with Gasteiger partial charge in [0, 0.05) is 37.8 Å². The highest BCUT2D eigenvalue weighted by atomic mass is 127. The summed E-state index contributed by atoms with van der Waals surface area (Å²) in [5, 5.41) is 15.9. The van der Waals surface area contributed by atoms with Crippen molar-refractivity contribution in [2.75, 3.05) is 32.8 Å². The van der Waals surface area contributed by atoms with Crippen LogP contribution in [0.3, 0.4) is 0 Å². The Balaban J connectivity index is 0.00000784. The molecule has 1 aromatic carbocycles. The number of hydrogen-bond donors (Lipinski definition) is 4. The maximum atomic E-state index is 12.3. The van der Waals surface area contributed by atoms with Crippen LogP contribution >= 0.6 is 35.6 Å². The zero-order valence-corrected chi connectivity index (χ0v) is 21.2. The van der Waals surface area contributed by atoms with Gasteiger partial charge in [0.2, 0.25) is 10.0 Å². The normalized spacial score (nSPS) is 13.1. The highest BCUT2D eigenvalue weighted by Crippen LogP contribution is 2.16. The first-order chi connectivity index (χ1) is 13.3. The van der Waals surface area contributed by atoms with E-state index in [0.29, 0.717) is 42.5 Å². The van der Waals surface area contributed by atoms with Crippen molar-refractivity contribution in [3.8, 4) is 0 Å². The lowest BCUT2D eigenvalue weighted by molar-refractivity contribution is 0.245. The van der Waals surface area contributed by atoms with E-state index in [4.69, 9.17) is 11.6 Å². The Bertz CT molecular complexity index is 717. The number of benzene rings is 1. The predicted molar refractivity (Wildman–Crippen MR) is 131 cm³/mol. The van der Waals surface area contributed by atoms with Crippen LogP contribution in [-0.4, -0.2) is 52.3 Å². The predicted octanol–water partition coefficient (Wildman–Crippen LogP) is 2.84. The largest absolute Gasteiger partial charge is 0.396 e. The van der Waals surface area contributed by atoms with E-state index < -0.39 is 10.0 Å². The second-order valence-corrected chi connectivity index (χ2v) is 9.21. The summed E-state index contributed by atoms with van der Waals surface area (Å²) in [6.07, 6.45) is 1.73. The molecule has 4 N–H and O–H groups in total. The molecule has 168 valence electrons. The van der Waals surface area contributed by atoms with Crippen LogP contribution in [0, 0.1) is 11.8 Å². The van der Waals surface area contributed by atoms with Gasteiger partial charge in [-0.15, -0.1) is 24.0 Å². The van der Waals surface area contributed by atoms with Crippen LogP contribution in [0.15, 0.2) is 34.2 Å². The lowest BCUT2D eigenvalue weighted by Crippen LogP contribution is -2.41. The Morgan fingerprint density at radius 2 is 1.97 bits per heavy atom. The molecule has 1 aromatic rings. The number of halogens is 2. The number of hydrogen-bond acceptors (Lipinski definition) is 4. The first kappa shape index (κ1) is 28.4. The number of sulfonamides is 1. The summed E-state index contributed by atoms with van der Waals surface area (Å²) >= 11 is 5.86. The summed E-state index contributed by atoms with van der Waals surface area (Å²) in [6, 6.07) is 6.15. The molecule has 0 saturated heterocycles. The van der Waals surface area contributed by atoms with Gasteiger partial charge >= 0.3 is 0 Å². The van der Waals surface area contributed by atoms with Crippen molar-refractivity contribution in [2.24, 2.45) is 16.8 Å². The minimum atomic E-state index is -3.60. The SMILES string of the molecule is CCNC(=NCC(CCO)CC(C)C)NCCNS(=O)(=O)c1cccc(Cl)c1.I. The number of nitrogens with zero attached hydrogens (tertiary/aromatic N) is 1. The molecule has 0 aliphatic heterocycles. The highest BCUT2D eigenvalue weighted by molar-refractivity contribution is 14.0. The monoisotopic (exact) mass is 560 g/mol. The van der Waals surface area contributed by atoms with Gasteiger partial charge in [-0.1, -0.05) is 31.5 Å². The van der Waals surface area contributed by atoms with E-state index in [-0.39, 0.29) is 42.0 Å². The molecule has 0 aromatic heterocycles. The number of nitrogens with one attached hydrogen (secondary N) is 3. The van der Waals surface area contributed by atoms with Crippen LogP contribution in [0.25, 0.3) is 0 Å². The number of aliphatic imine (C=N–C) groups is 1. The van der Waals surface area contributed by atoms with Crippen molar-refractivity contribution < 1.29 is 13.5 Å². The number of aliphatic hydroxyl groups is 1. The topological polar surface area (TPSA) is 103 Å². The number of rotatable bonds is 12. The number of aliphatic hydroxyl groups excluding tert-OH is 1. The van der Waals surface area contributed by atoms with Gasteiger partial charge in [-0.2, -0.15) is 0 Å². The lowest BCUT2D eigenvalue weighted by atomic mass is 9.94. The molecule has 29 heavy (non-hydrogen) atoms. The Kier molecular flexibility index (Phi) is 14.9. The van der Waals surface area contributed by atoms with Crippen LogP contribution in [0.1, 0.15) is 33.6 Å². The summed E-state index contributed by atoms with van der Waals surface area (Å²) < 4.78 is 27.1. The quantitative estimate of drug-likeness (QED) is 0.136. The molecule has 1 unspecified atom stereocenters. The third-order valence-electron chi connectivity index (χ3n) is 4.01. The van der Waals surface area contributed by atoms with Crippen LogP contribution < -0.4 is 15.4 Å². The fraction of sp³-hybridized carbons (Fsp3) is 0.632. The lowest BCUT2D eigenvalue weighted by Gasteiger charge is -2.17. The molecule has 0 heterocycles. The zero-order chi connectivity index (χ0) is 21.0. The molecule has 1 rings (SSSR count). The summed E-state index contributed by atoms with van der Waals surface area (Å²) in [5.74, 6) is 1.50. The van der Waals surface area contributed by atoms with Gasteiger partial charge < -0.3 is 15.7 Å². The fourth-order valence-corrected chi connectivity index (χ4v) is 4.11. The van der Waals surface area contributed by atoms with E-state index >= 15 is 0 Å². The second-order valence-electron chi connectivity index (χ2n) is 7.01. The third kappa shape index (κ3) is 12.0. The van der Waals surface area contributed by atoms with Crippen LogP contribution in [0.4, 0.5) is 0 Å². The van der Waals surface area contributed by atoms with Crippen molar-refractivity contribution in [1.82, 2.24) is 15.4 Å². The first-order valence-electron chi connectivity index (χ1n) is 9.66. The average molecular weight is 561 g/mol. The minimum absolute atomic E-state index is 0. The molecule has 0 saturated carbocycles. The average Bonchev–Trinajstić information content (AvgIpc) is 2.62. The summed E-state index contributed by atoms with van der Waals surface area (Å²) in [7, 11) is -3.60. The van der Waals surface area contributed by atoms with Crippen LogP contribution in [-0.2, 0) is 10.0 Å². The Labute approximate surface area is 197 Å². The molecule has 0 aliphatic carbocycles. The van der Waals surface area contributed by atoms with E-state index in [1.165, 1.54) is 12.1 Å². The Morgan fingerprint density at radius 1 is 1.24 bits per heavy atom. The van der Waals surface area contributed by atoms with Gasteiger partial charge in [-0.25, -0.2) is 13.1 Å². The van der Waals surface area contributed by atoms with E-state index in [1.54, 1.807) is 12.1 Å². The van der Waals surface area contributed by atoms with Crippen molar-refractivity contribution >= 4 is 51.6 Å². The maximum absolute atomic E-state index is 12.3. The summed E-state index contributed by atoms with van der Waals surface area (Å²) in [6.45, 7) is 8.36. The standard InChI is InChI=1S/C19H33ClN4O3S.HI/c1-4-21-19(23-14-16(8-11-25)12-15(2)3)22-9-10-24-28(26,27)18-7-5-6-17(20)13-18;/h5-7,13,15-16,24-25H,4,8-12,14H2,1-3H3,(H2,21,22,23);1H. The Hall–Kier alpha value is -0.620. The first-order valence-corrected chi connectivity index (χ1v) is 11.5. The molecule has 0 spiro atoms. The summed E-state index contributed by atoms with van der Waals surface area (Å²) in [5.41, 5.74) is 0. The fourth-order valence-electron chi connectivity index (χ4n) is 2.78. The molecule has 0 bridgehead atoms. The molecule has 0 aliphatic rings. The van der Waals surface area contributed by atoms with E-state index in [2.05, 4.69) is 34.2 Å². The number of guanidine groups is 1. The van der Waals surface area contributed by atoms with Crippen molar-refractivity contribution in [2.45, 2.75) is 38.5 Å².